The number of halogens is 1. The summed E-state index contributed by atoms with van der Waals surface area (Å²) in [5.74, 6) is -0.208. The first kappa shape index (κ1) is 17.7. The second-order valence-electron chi connectivity index (χ2n) is 6.73. The summed E-state index contributed by atoms with van der Waals surface area (Å²) in [6.07, 6.45) is -1.14. The van der Waals surface area contributed by atoms with Crippen LogP contribution in [0, 0.1) is 6.92 Å². The fraction of sp³-hybridized carbons (Fsp3) is 0.300. The van der Waals surface area contributed by atoms with E-state index in [2.05, 4.69) is 10.2 Å². The van der Waals surface area contributed by atoms with Crippen LogP contribution in [-0.4, -0.2) is 49.0 Å². The van der Waals surface area contributed by atoms with Gasteiger partial charge in [-0.2, -0.15) is 0 Å². The minimum atomic E-state index is -1.14. The van der Waals surface area contributed by atoms with Gasteiger partial charge in [-0.05, 0) is 36.8 Å². The predicted octanol–water partition coefficient (Wildman–Crippen LogP) is 2.70. The molecule has 1 N–H and O–H groups in total. The SMILES string of the molecule is Cc1ccc(Cl)cc1N1CCN(C(=O)[C@@H]2Oc3ccccc3NC2=O)CC1. The Hall–Kier alpha value is -2.73. The number of fused-ring (bicyclic) bond motifs is 1. The number of carbonyl (C=O) groups is 2. The lowest BCUT2D eigenvalue weighted by molar-refractivity contribution is -0.145. The number of anilines is 2. The van der Waals surface area contributed by atoms with Crippen molar-refractivity contribution in [3.63, 3.8) is 0 Å². The molecule has 2 aliphatic rings. The first-order valence-corrected chi connectivity index (χ1v) is 9.27. The zero-order valence-corrected chi connectivity index (χ0v) is 15.7. The van der Waals surface area contributed by atoms with E-state index in [9.17, 15) is 9.59 Å². The number of hydrogen-bond acceptors (Lipinski definition) is 4. The molecule has 2 aromatic rings. The minimum absolute atomic E-state index is 0.301. The number of piperazine rings is 1. The van der Waals surface area contributed by atoms with Crippen molar-refractivity contribution in [3.8, 4) is 5.75 Å². The van der Waals surface area contributed by atoms with E-state index in [-0.39, 0.29) is 5.91 Å². The van der Waals surface area contributed by atoms with Crippen molar-refractivity contribution in [1.29, 1.82) is 0 Å². The van der Waals surface area contributed by atoms with Gasteiger partial charge in [0.15, 0.2) is 0 Å². The van der Waals surface area contributed by atoms with Gasteiger partial charge in [0.25, 0.3) is 17.9 Å². The number of nitrogens with zero attached hydrogens (tertiary/aromatic N) is 2. The second-order valence-corrected chi connectivity index (χ2v) is 7.16. The number of rotatable bonds is 2. The molecule has 0 saturated carbocycles. The smallest absolute Gasteiger partial charge is 0.275 e. The summed E-state index contributed by atoms with van der Waals surface area (Å²) in [6.45, 7) is 4.45. The van der Waals surface area contributed by atoms with Crippen molar-refractivity contribution < 1.29 is 14.3 Å². The molecular formula is C20H20ClN3O3. The Morgan fingerprint density at radius 1 is 1.15 bits per heavy atom. The standard InChI is InChI=1S/C20H20ClN3O3/c1-13-6-7-14(21)12-16(13)23-8-10-24(11-9-23)20(26)18-19(25)22-15-4-2-3-5-17(15)27-18/h2-7,12,18H,8-11H2,1H3,(H,22,25)/t18-/m1/s1. The van der Waals surface area contributed by atoms with Crippen molar-refractivity contribution in [2.45, 2.75) is 13.0 Å². The van der Waals surface area contributed by atoms with Gasteiger partial charge in [-0.25, -0.2) is 0 Å². The molecule has 0 spiro atoms. The van der Waals surface area contributed by atoms with Gasteiger partial charge in [0.2, 0.25) is 0 Å². The maximum Gasteiger partial charge on any atom is 0.275 e. The monoisotopic (exact) mass is 385 g/mol. The molecule has 7 heteroatoms. The number of nitrogens with one attached hydrogen (secondary N) is 1. The van der Waals surface area contributed by atoms with Crippen LogP contribution in [0.1, 0.15) is 5.56 Å². The molecule has 2 heterocycles. The van der Waals surface area contributed by atoms with Gasteiger partial charge in [0.05, 0.1) is 5.69 Å². The molecule has 0 aromatic heterocycles. The summed E-state index contributed by atoms with van der Waals surface area (Å²) in [7, 11) is 0. The van der Waals surface area contributed by atoms with Crippen LogP contribution in [0.15, 0.2) is 42.5 Å². The normalized spacial score (nSPS) is 19.2. The number of para-hydroxylation sites is 2. The third-order valence-electron chi connectivity index (χ3n) is 4.96. The molecule has 1 atom stereocenters. The molecule has 140 valence electrons. The van der Waals surface area contributed by atoms with E-state index in [1.807, 2.05) is 37.3 Å². The topological polar surface area (TPSA) is 61.9 Å². The van der Waals surface area contributed by atoms with Gasteiger partial charge in [-0.15, -0.1) is 0 Å². The van der Waals surface area contributed by atoms with E-state index in [1.165, 1.54) is 0 Å². The predicted molar refractivity (Wildman–Crippen MR) is 104 cm³/mol. The molecule has 2 aromatic carbocycles. The maximum absolute atomic E-state index is 12.8. The number of hydrogen-bond donors (Lipinski definition) is 1. The van der Waals surface area contributed by atoms with Crippen LogP contribution in [0.25, 0.3) is 0 Å². The van der Waals surface area contributed by atoms with Crippen molar-refractivity contribution in [2.75, 3.05) is 36.4 Å². The third kappa shape index (κ3) is 3.45. The maximum atomic E-state index is 12.8. The Labute approximate surface area is 162 Å². The average molecular weight is 386 g/mol. The molecule has 0 aliphatic carbocycles. The van der Waals surface area contributed by atoms with Crippen LogP contribution < -0.4 is 15.0 Å². The summed E-state index contributed by atoms with van der Waals surface area (Å²) >= 11 is 6.12. The Morgan fingerprint density at radius 3 is 2.67 bits per heavy atom. The highest BCUT2D eigenvalue weighted by atomic mass is 35.5. The molecule has 0 unspecified atom stereocenters. The van der Waals surface area contributed by atoms with Gasteiger partial charge in [-0.3, -0.25) is 9.59 Å². The highest BCUT2D eigenvalue weighted by Gasteiger charge is 2.37. The third-order valence-corrected chi connectivity index (χ3v) is 5.19. The fourth-order valence-electron chi connectivity index (χ4n) is 3.47. The fourth-order valence-corrected chi connectivity index (χ4v) is 3.64. The molecule has 0 bridgehead atoms. The van der Waals surface area contributed by atoms with Gasteiger partial charge in [0, 0.05) is 36.9 Å². The number of ether oxygens (including phenoxy) is 1. The molecule has 1 fully saturated rings. The van der Waals surface area contributed by atoms with E-state index >= 15 is 0 Å². The zero-order valence-electron chi connectivity index (χ0n) is 14.9. The minimum Gasteiger partial charge on any atom is -0.468 e. The lowest BCUT2D eigenvalue weighted by Crippen LogP contribution is -2.56. The van der Waals surface area contributed by atoms with Gasteiger partial charge in [0.1, 0.15) is 5.75 Å². The Kier molecular flexibility index (Phi) is 4.66. The largest absolute Gasteiger partial charge is 0.468 e. The highest BCUT2D eigenvalue weighted by Crippen LogP contribution is 2.30. The van der Waals surface area contributed by atoms with Crippen molar-refractivity contribution >= 4 is 34.8 Å². The highest BCUT2D eigenvalue weighted by molar-refractivity contribution is 6.30. The van der Waals surface area contributed by atoms with Gasteiger partial charge >= 0.3 is 0 Å². The van der Waals surface area contributed by atoms with Crippen LogP contribution in [-0.2, 0) is 9.59 Å². The van der Waals surface area contributed by atoms with E-state index in [1.54, 1.807) is 17.0 Å². The quantitative estimate of drug-likeness (QED) is 0.807. The molecule has 6 nitrogen and oxygen atoms in total. The first-order valence-electron chi connectivity index (χ1n) is 8.89. The first-order chi connectivity index (χ1) is 13.0. The summed E-state index contributed by atoms with van der Waals surface area (Å²) in [5.41, 5.74) is 2.81. The Bertz CT molecular complexity index is 894. The molecule has 0 radical (unpaired) electrons. The summed E-state index contributed by atoms with van der Waals surface area (Å²) in [5, 5.41) is 3.44. The summed E-state index contributed by atoms with van der Waals surface area (Å²) in [4.78, 5) is 29.0. The van der Waals surface area contributed by atoms with Crippen molar-refractivity contribution in [3.05, 3.63) is 53.1 Å². The number of aryl methyl sites for hydroxylation is 1. The van der Waals surface area contributed by atoms with Crippen molar-refractivity contribution in [1.82, 2.24) is 4.90 Å². The number of benzene rings is 2. The molecule has 1 saturated heterocycles. The zero-order chi connectivity index (χ0) is 19.0. The van der Waals surface area contributed by atoms with Crippen LogP contribution >= 0.6 is 11.6 Å². The number of carbonyl (C=O) groups excluding carboxylic acids is 2. The van der Waals surface area contributed by atoms with E-state index in [4.69, 9.17) is 16.3 Å². The van der Waals surface area contributed by atoms with E-state index < -0.39 is 12.0 Å². The lowest BCUT2D eigenvalue weighted by Gasteiger charge is -2.38. The number of amides is 2. The van der Waals surface area contributed by atoms with Crippen molar-refractivity contribution in [2.24, 2.45) is 0 Å². The van der Waals surface area contributed by atoms with E-state index in [0.29, 0.717) is 42.6 Å². The van der Waals surface area contributed by atoms with Gasteiger partial charge < -0.3 is 19.9 Å². The second kappa shape index (κ2) is 7.12. The van der Waals surface area contributed by atoms with Gasteiger partial charge in [-0.1, -0.05) is 29.8 Å². The molecule has 4 rings (SSSR count). The summed E-state index contributed by atoms with van der Waals surface area (Å²) < 4.78 is 5.67. The Morgan fingerprint density at radius 2 is 1.89 bits per heavy atom. The van der Waals surface area contributed by atoms with E-state index in [0.717, 1.165) is 11.3 Å². The molecule has 27 heavy (non-hydrogen) atoms. The molecule has 2 amide bonds. The molecule has 2 aliphatic heterocycles. The Balaban J connectivity index is 1.43. The van der Waals surface area contributed by atoms with Crippen LogP contribution in [0.2, 0.25) is 5.02 Å². The average Bonchev–Trinajstić information content (AvgIpc) is 2.69. The van der Waals surface area contributed by atoms with Crippen LogP contribution in [0.5, 0.6) is 5.75 Å². The summed E-state index contributed by atoms with van der Waals surface area (Å²) in [6, 6.07) is 12.9. The lowest BCUT2D eigenvalue weighted by atomic mass is 10.1. The molecular weight excluding hydrogens is 366 g/mol. The van der Waals surface area contributed by atoms with Crippen LogP contribution in [0.4, 0.5) is 11.4 Å². The van der Waals surface area contributed by atoms with Crippen LogP contribution in [0.3, 0.4) is 0 Å².